The molecule has 0 heterocycles. The predicted octanol–water partition coefficient (Wildman–Crippen LogP) is 4.12. The van der Waals surface area contributed by atoms with Gasteiger partial charge in [0.15, 0.2) is 0 Å². The molecule has 0 saturated heterocycles. The Morgan fingerprint density at radius 2 is 1.08 bits per heavy atom. The van der Waals surface area contributed by atoms with Gasteiger partial charge < -0.3 is 0 Å². The van der Waals surface area contributed by atoms with Gasteiger partial charge in [0.1, 0.15) is 0 Å². The van der Waals surface area contributed by atoms with Crippen LogP contribution in [0, 0.1) is 20.2 Å². The molecule has 8 heteroatoms. The van der Waals surface area contributed by atoms with E-state index in [1.807, 2.05) is 48.5 Å². The fourth-order valence-corrected chi connectivity index (χ4v) is 4.61. The minimum Gasteiger partial charge on any atom is -0.265 e. The third-order valence-corrected chi connectivity index (χ3v) is 5.86. The molecule has 0 bridgehead atoms. The fraction of sp³-hybridized carbons (Fsp3) is 0.250. The molecule has 0 unspecified atom stereocenters. The summed E-state index contributed by atoms with van der Waals surface area (Å²) in [4.78, 5) is 22.5. The number of hydrogen-bond donors (Lipinski definition) is 0. The summed E-state index contributed by atoms with van der Waals surface area (Å²) in [6, 6.07) is 15.2. The maximum Gasteiger partial charge on any atom is 0.207 e. The topological polar surface area (TPSA) is 86.3 Å². The Morgan fingerprint density at radius 3 is 1.46 bits per heavy atom. The smallest absolute Gasteiger partial charge is 0.207 e. The molecular weight excluding hydrogens is 348 g/mol. The number of nitrogens with zero attached hydrogens (tertiary/aromatic N) is 2. The quantitative estimate of drug-likeness (QED) is 0.378. The van der Waals surface area contributed by atoms with Crippen LogP contribution in [0.3, 0.4) is 0 Å². The fourth-order valence-electron chi connectivity index (χ4n) is 2.10. The van der Waals surface area contributed by atoms with Crippen molar-refractivity contribution in [3.8, 4) is 0 Å². The monoisotopic (exact) mass is 364 g/mol. The van der Waals surface area contributed by atoms with Crippen molar-refractivity contribution in [2.45, 2.75) is 22.6 Å². The second kappa shape index (κ2) is 9.29. The second-order valence-electron chi connectivity index (χ2n) is 4.99. The minimum absolute atomic E-state index is 0.0956. The molecule has 0 radical (unpaired) electrons. The Morgan fingerprint density at radius 1 is 0.708 bits per heavy atom. The summed E-state index contributed by atoms with van der Waals surface area (Å²) in [5.74, 6) is 0. The molecule has 2 rings (SSSR count). The summed E-state index contributed by atoms with van der Waals surface area (Å²) in [6.07, 6.45) is 0.777. The number of rotatable bonds is 9. The van der Waals surface area contributed by atoms with Crippen molar-refractivity contribution < 1.29 is 9.85 Å². The SMILES string of the molecule is O=[N+]([O-])CCc1ccccc1SSc1ccccc1CC[N+](=O)[O-]. The summed E-state index contributed by atoms with van der Waals surface area (Å²) in [6.45, 7) is -0.191. The molecule has 2 aromatic carbocycles. The van der Waals surface area contributed by atoms with Gasteiger partial charge in [-0.25, -0.2) is 0 Å². The van der Waals surface area contributed by atoms with E-state index in [1.165, 1.54) is 21.6 Å². The molecule has 0 aliphatic rings. The number of hydrogen-bond acceptors (Lipinski definition) is 6. The van der Waals surface area contributed by atoms with E-state index in [4.69, 9.17) is 0 Å². The van der Waals surface area contributed by atoms with E-state index >= 15 is 0 Å². The highest BCUT2D eigenvalue weighted by atomic mass is 33.1. The Labute approximate surface area is 147 Å². The second-order valence-corrected chi connectivity index (χ2v) is 7.21. The zero-order valence-corrected chi connectivity index (χ0v) is 14.4. The van der Waals surface area contributed by atoms with Crippen molar-refractivity contribution >= 4 is 21.6 Å². The standard InChI is InChI=1S/C16H16N2O4S2/c19-17(20)11-9-13-5-1-3-7-15(13)23-24-16-8-4-2-6-14(16)10-12-18(21)22/h1-8H,9-12H2. The lowest BCUT2D eigenvalue weighted by Gasteiger charge is -2.09. The molecule has 24 heavy (non-hydrogen) atoms. The summed E-state index contributed by atoms with van der Waals surface area (Å²) < 4.78 is 0. The summed E-state index contributed by atoms with van der Waals surface area (Å²) >= 11 is 0. The van der Waals surface area contributed by atoms with E-state index in [2.05, 4.69) is 0 Å². The molecule has 0 atom stereocenters. The van der Waals surface area contributed by atoms with Crippen LogP contribution in [0.15, 0.2) is 58.3 Å². The van der Waals surface area contributed by atoms with Crippen LogP contribution in [-0.4, -0.2) is 22.9 Å². The van der Waals surface area contributed by atoms with Crippen molar-refractivity contribution in [2.24, 2.45) is 0 Å². The van der Waals surface area contributed by atoms with Crippen LogP contribution in [0.4, 0.5) is 0 Å². The molecule has 0 aromatic heterocycles. The van der Waals surface area contributed by atoms with E-state index in [1.54, 1.807) is 0 Å². The lowest BCUT2D eigenvalue weighted by molar-refractivity contribution is -0.479. The van der Waals surface area contributed by atoms with E-state index in [0.717, 1.165) is 20.9 Å². The predicted molar refractivity (Wildman–Crippen MR) is 95.7 cm³/mol. The van der Waals surface area contributed by atoms with Crippen LogP contribution in [0.5, 0.6) is 0 Å². The van der Waals surface area contributed by atoms with Crippen LogP contribution in [-0.2, 0) is 12.8 Å². The minimum atomic E-state index is -0.318. The average molecular weight is 364 g/mol. The Kier molecular flexibility index (Phi) is 7.07. The average Bonchev–Trinajstić information content (AvgIpc) is 2.57. The Hall–Kier alpha value is -2.06. The molecule has 2 aromatic rings. The maximum atomic E-state index is 10.6. The highest BCUT2D eigenvalue weighted by Crippen LogP contribution is 2.40. The third kappa shape index (κ3) is 5.86. The zero-order chi connectivity index (χ0) is 17.4. The van der Waals surface area contributed by atoms with Crippen LogP contribution in [0.2, 0.25) is 0 Å². The van der Waals surface area contributed by atoms with Crippen molar-refractivity contribution in [3.63, 3.8) is 0 Å². The van der Waals surface area contributed by atoms with Gasteiger partial charge in [0.05, 0.1) is 0 Å². The Bertz CT molecular complexity index is 663. The largest absolute Gasteiger partial charge is 0.265 e. The first-order chi connectivity index (χ1) is 11.6. The van der Waals surface area contributed by atoms with Crippen molar-refractivity contribution in [1.82, 2.24) is 0 Å². The van der Waals surface area contributed by atoms with Crippen LogP contribution in [0.25, 0.3) is 0 Å². The van der Waals surface area contributed by atoms with Crippen LogP contribution >= 0.6 is 21.6 Å². The lowest BCUT2D eigenvalue weighted by atomic mass is 10.1. The first-order valence-electron chi connectivity index (χ1n) is 7.30. The highest BCUT2D eigenvalue weighted by Gasteiger charge is 2.10. The maximum absolute atomic E-state index is 10.6. The lowest BCUT2D eigenvalue weighted by Crippen LogP contribution is -2.05. The molecule has 0 amide bonds. The van der Waals surface area contributed by atoms with Gasteiger partial charge in [0.25, 0.3) is 0 Å². The highest BCUT2D eigenvalue weighted by molar-refractivity contribution is 8.76. The number of nitro groups is 2. The Balaban J connectivity index is 2.06. The van der Waals surface area contributed by atoms with Gasteiger partial charge in [0.2, 0.25) is 13.1 Å². The first kappa shape index (κ1) is 18.3. The summed E-state index contributed by atoms with van der Waals surface area (Å²) in [5, 5.41) is 21.1. The molecule has 0 aliphatic carbocycles. The molecule has 0 spiro atoms. The number of benzene rings is 2. The summed E-state index contributed by atoms with van der Waals surface area (Å²) in [5.41, 5.74) is 1.88. The van der Waals surface area contributed by atoms with E-state index in [9.17, 15) is 20.2 Å². The normalized spacial score (nSPS) is 10.5. The molecule has 0 saturated carbocycles. The molecule has 0 fully saturated rings. The molecule has 0 N–H and O–H groups in total. The van der Waals surface area contributed by atoms with Gasteiger partial charge in [-0.05, 0) is 23.3 Å². The first-order valence-corrected chi connectivity index (χ1v) is 9.45. The van der Waals surface area contributed by atoms with Crippen molar-refractivity contribution in [1.29, 1.82) is 0 Å². The molecule has 6 nitrogen and oxygen atoms in total. The van der Waals surface area contributed by atoms with Gasteiger partial charge in [-0.1, -0.05) is 58.0 Å². The summed E-state index contributed by atoms with van der Waals surface area (Å²) in [7, 11) is 3.05. The van der Waals surface area contributed by atoms with Gasteiger partial charge in [-0.15, -0.1) is 0 Å². The van der Waals surface area contributed by atoms with Crippen LogP contribution < -0.4 is 0 Å². The third-order valence-electron chi connectivity index (χ3n) is 3.29. The van der Waals surface area contributed by atoms with Crippen molar-refractivity contribution in [3.05, 3.63) is 79.9 Å². The molecule has 126 valence electrons. The van der Waals surface area contributed by atoms with Crippen LogP contribution in [0.1, 0.15) is 11.1 Å². The zero-order valence-electron chi connectivity index (χ0n) is 12.8. The van der Waals surface area contributed by atoms with Gasteiger partial charge >= 0.3 is 0 Å². The van der Waals surface area contributed by atoms with Crippen molar-refractivity contribution in [2.75, 3.05) is 13.1 Å². The van der Waals surface area contributed by atoms with Gasteiger partial charge in [-0.2, -0.15) is 0 Å². The van der Waals surface area contributed by atoms with Gasteiger partial charge in [-0.3, -0.25) is 20.2 Å². The molecule has 0 aliphatic heterocycles. The van der Waals surface area contributed by atoms with E-state index in [-0.39, 0.29) is 22.9 Å². The van der Waals surface area contributed by atoms with E-state index in [0.29, 0.717) is 12.8 Å². The molecular formula is C16H16N2O4S2. The van der Waals surface area contributed by atoms with E-state index < -0.39 is 0 Å². The van der Waals surface area contributed by atoms with Gasteiger partial charge in [0, 0.05) is 32.5 Å².